The Balaban J connectivity index is 0.00000112. The number of rotatable bonds is 2. The van der Waals surface area contributed by atoms with Gasteiger partial charge in [0, 0.05) is 6.54 Å². The van der Waals surface area contributed by atoms with Crippen molar-refractivity contribution in [3.63, 3.8) is 0 Å². The fourth-order valence-corrected chi connectivity index (χ4v) is 1.66. The zero-order valence-electron chi connectivity index (χ0n) is 8.77. The van der Waals surface area contributed by atoms with Gasteiger partial charge in [0.05, 0.1) is 12.0 Å². The van der Waals surface area contributed by atoms with Gasteiger partial charge in [0.25, 0.3) is 0 Å². The van der Waals surface area contributed by atoms with E-state index < -0.39 is 0 Å². The zero-order valence-corrected chi connectivity index (χ0v) is 9.59. The molecule has 2 unspecified atom stereocenters. The third kappa shape index (κ3) is 2.90. The van der Waals surface area contributed by atoms with Crippen LogP contribution in [0.25, 0.3) is 0 Å². The van der Waals surface area contributed by atoms with Crippen molar-refractivity contribution in [2.75, 3.05) is 13.1 Å². The molecular formula is C9H17ClN4O. The lowest BCUT2D eigenvalue weighted by atomic mass is 10.00. The summed E-state index contributed by atoms with van der Waals surface area (Å²) in [6.45, 7) is 3.87. The fraction of sp³-hybridized carbons (Fsp3) is 0.778. The Morgan fingerprint density at radius 2 is 2.40 bits per heavy atom. The lowest BCUT2D eigenvalue weighted by Crippen LogP contribution is -2.28. The van der Waals surface area contributed by atoms with Crippen LogP contribution in [0.1, 0.15) is 43.4 Å². The maximum absolute atomic E-state index is 5.66. The minimum absolute atomic E-state index is 0. The van der Waals surface area contributed by atoms with Crippen LogP contribution in [0.15, 0.2) is 4.52 Å². The summed E-state index contributed by atoms with van der Waals surface area (Å²) in [5, 5.41) is 7.16. The largest absolute Gasteiger partial charge is 0.339 e. The molecule has 3 N–H and O–H groups in total. The van der Waals surface area contributed by atoms with Crippen LogP contribution < -0.4 is 11.1 Å². The molecule has 2 heterocycles. The zero-order chi connectivity index (χ0) is 9.97. The topological polar surface area (TPSA) is 77.0 Å². The smallest absolute Gasteiger partial charge is 0.231 e. The van der Waals surface area contributed by atoms with Crippen LogP contribution in [0.3, 0.4) is 0 Å². The van der Waals surface area contributed by atoms with Crippen molar-refractivity contribution in [3.8, 4) is 0 Å². The molecule has 0 bridgehead atoms. The van der Waals surface area contributed by atoms with Crippen LogP contribution >= 0.6 is 12.4 Å². The van der Waals surface area contributed by atoms with Gasteiger partial charge in [-0.2, -0.15) is 4.98 Å². The first-order valence-corrected chi connectivity index (χ1v) is 5.07. The van der Waals surface area contributed by atoms with E-state index in [0.29, 0.717) is 11.7 Å². The number of piperidine rings is 1. The van der Waals surface area contributed by atoms with Crippen LogP contribution in [-0.4, -0.2) is 23.2 Å². The van der Waals surface area contributed by atoms with E-state index in [4.69, 9.17) is 10.3 Å². The summed E-state index contributed by atoms with van der Waals surface area (Å²) in [4.78, 5) is 4.29. The van der Waals surface area contributed by atoms with Crippen molar-refractivity contribution in [1.29, 1.82) is 0 Å². The minimum Gasteiger partial charge on any atom is -0.339 e. The predicted molar refractivity (Wildman–Crippen MR) is 59.0 cm³/mol. The summed E-state index contributed by atoms with van der Waals surface area (Å²) in [7, 11) is 0. The Morgan fingerprint density at radius 3 is 2.93 bits per heavy atom. The summed E-state index contributed by atoms with van der Waals surface area (Å²) < 4.78 is 5.18. The maximum atomic E-state index is 5.66. The molecule has 6 heteroatoms. The van der Waals surface area contributed by atoms with Gasteiger partial charge >= 0.3 is 0 Å². The van der Waals surface area contributed by atoms with Crippen LogP contribution in [-0.2, 0) is 0 Å². The summed E-state index contributed by atoms with van der Waals surface area (Å²) in [6.07, 6.45) is 2.29. The third-order valence-electron chi connectivity index (χ3n) is 2.51. The molecule has 0 saturated carbocycles. The van der Waals surface area contributed by atoms with Gasteiger partial charge in [-0.1, -0.05) is 5.16 Å². The number of nitrogens with two attached hydrogens (primary N) is 1. The highest BCUT2D eigenvalue weighted by Crippen LogP contribution is 2.22. The second-order valence-electron chi connectivity index (χ2n) is 3.82. The van der Waals surface area contributed by atoms with Gasteiger partial charge in [0.1, 0.15) is 0 Å². The van der Waals surface area contributed by atoms with Crippen molar-refractivity contribution in [3.05, 3.63) is 11.7 Å². The van der Waals surface area contributed by atoms with E-state index in [1.165, 1.54) is 6.42 Å². The Kier molecular flexibility index (Phi) is 4.50. The molecular weight excluding hydrogens is 216 g/mol. The molecule has 0 aliphatic carbocycles. The highest BCUT2D eigenvalue weighted by Gasteiger charge is 2.21. The third-order valence-corrected chi connectivity index (χ3v) is 2.51. The average molecular weight is 233 g/mol. The molecule has 15 heavy (non-hydrogen) atoms. The minimum atomic E-state index is -0.149. The van der Waals surface area contributed by atoms with Crippen LogP contribution in [0.4, 0.5) is 0 Å². The number of halogens is 1. The van der Waals surface area contributed by atoms with E-state index in [1.54, 1.807) is 0 Å². The number of hydrogen-bond donors (Lipinski definition) is 2. The second-order valence-corrected chi connectivity index (χ2v) is 3.82. The van der Waals surface area contributed by atoms with Crippen molar-refractivity contribution in [1.82, 2.24) is 15.5 Å². The standard InChI is InChI=1S/C9H16N4O.ClH/c1-6(10)8-12-9(14-13-8)7-3-2-4-11-5-7;/h6-7,11H,2-5,10H2,1H3;1H. The van der Waals surface area contributed by atoms with E-state index in [0.717, 1.165) is 25.4 Å². The monoisotopic (exact) mass is 232 g/mol. The highest BCUT2D eigenvalue weighted by atomic mass is 35.5. The molecule has 2 rings (SSSR count). The number of hydrogen-bond acceptors (Lipinski definition) is 5. The van der Waals surface area contributed by atoms with Gasteiger partial charge in [0.2, 0.25) is 5.89 Å². The van der Waals surface area contributed by atoms with Gasteiger partial charge in [0.15, 0.2) is 5.82 Å². The Labute approximate surface area is 95.2 Å². The molecule has 1 aromatic rings. The normalized spacial score (nSPS) is 23.2. The Bertz CT molecular complexity index is 296. The molecule has 0 spiro atoms. The van der Waals surface area contributed by atoms with Crippen molar-refractivity contribution < 1.29 is 4.52 Å². The number of aromatic nitrogens is 2. The van der Waals surface area contributed by atoms with E-state index in [-0.39, 0.29) is 18.4 Å². The van der Waals surface area contributed by atoms with Gasteiger partial charge in [-0.15, -0.1) is 12.4 Å². The summed E-state index contributed by atoms with van der Waals surface area (Å²) in [5.41, 5.74) is 5.66. The lowest BCUT2D eigenvalue weighted by molar-refractivity contribution is 0.319. The fourth-order valence-electron chi connectivity index (χ4n) is 1.66. The summed E-state index contributed by atoms with van der Waals surface area (Å²) in [6, 6.07) is -0.149. The highest BCUT2D eigenvalue weighted by molar-refractivity contribution is 5.85. The van der Waals surface area contributed by atoms with E-state index in [1.807, 2.05) is 6.92 Å². The van der Waals surface area contributed by atoms with Gasteiger partial charge < -0.3 is 15.6 Å². The van der Waals surface area contributed by atoms with Crippen molar-refractivity contribution in [2.45, 2.75) is 31.7 Å². The Morgan fingerprint density at radius 1 is 1.60 bits per heavy atom. The first kappa shape index (κ1) is 12.4. The molecule has 1 fully saturated rings. The molecule has 0 radical (unpaired) electrons. The summed E-state index contributed by atoms with van der Waals surface area (Å²) in [5.74, 6) is 1.69. The molecule has 0 aromatic carbocycles. The Hall–Kier alpha value is -0.650. The van der Waals surface area contributed by atoms with Crippen LogP contribution in [0, 0.1) is 0 Å². The van der Waals surface area contributed by atoms with Gasteiger partial charge in [-0.3, -0.25) is 0 Å². The van der Waals surface area contributed by atoms with Crippen molar-refractivity contribution in [2.24, 2.45) is 5.73 Å². The van der Waals surface area contributed by atoms with Crippen molar-refractivity contribution >= 4 is 12.4 Å². The van der Waals surface area contributed by atoms with Crippen LogP contribution in [0.2, 0.25) is 0 Å². The predicted octanol–water partition coefficient (Wildman–Crippen LogP) is 0.978. The number of nitrogens with one attached hydrogen (secondary N) is 1. The SMILES string of the molecule is CC(N)c1noc(C2CCCNC2)n1.Cl. The lowest BCUT2D eigenvalue weighted by Gasteiger charge is -2.18. The maximum Gasteiger partial charge on any atom is 0.231 e. The average Bonchev–Trinajstić information content (AvgIpc) is 2.68. The first-order chi connectivity index (χ1) is 6.77. The molecule has 2 atom stereocenters. The second kappa shape index (κ2) is 5.44. The molecule has 1 aliphatic heterocycles. The molecule has 86 valence electrons. The molecule has 1 aromatic heterocycles. The molecule has 1 aliphatic rings. The number of nitrogens with zero attached hydrogens (tertiary/aromatic N) is 2. The van der Waals surface area contributed by atoms with E-state index >= 15 is 0 Å². The molecule has 0 amide bonds. The van der Waals surface area contributed by atoms with Gasteiger partial charge in [-0.05, 0) is 26.3 Å². The molecule has 1 saturated heterocycles. The molecule has 5 nitrogen and oxygen atoms in total. The first-order valence-electron chi connectivity index (χ1n) is 5.07. The van der Waals surface area contributed by atoms with E-state index in [2.05, 4.69) is 15.5 Å². The van der Waals surface area contributed by atoms with Crippen LogP contribution in [0.5, 0.6) is 0 Å². The summed E-state index contributed by atoms with van der Waals surface area (Å²) >= 11 is 0. The van der Waals surface area contributed by atoms with E-state index in [9.17, 15) is 0 Å². The quantitative estimate of drug-likeness (QED) is 0.795. The van der Waals surface area contributed by atoms with Gasteiger partial charge in [-0.25, -0.2) is 0 Å².